The lowest BCUT2D eigenvalue weighted by Gasteiger charge is -2.32. The van der Waals surface area contributed by atoms with Crippen molar-refractivity contribution in [3.8, 4) is 11.6 Å². The minimum atomic E-state index is -4.04. The lowest BCUT2D eigenvalue weighted by molar-refractivity contribution is -0.142. The van der Waals surface area contributed by atoms with Crippen LogP contribution in [0.25, 0.3) is 10.8 Å². The standard InChI is InChI=1S/C36H45F2N5O9S/c1-20-8-4-5-9-22-16-36(22,33(46)42-53(49,50)35(3)12-13-35)41-30(44)26-15-23(18-43(26)32(45)29(21(2)14-20)40-34(47)48)52-31-25-11-7-6-10-24(25)27(17-39-31)51-19-28(37)38/h5-7,9-11,17,20-23,26,28-29,40H,4,8,12-16,18-19H2,1-3H3,(H,41,44)(H,42,46)(H,47,48)/t20-,21-,22-,23-,26+,29+,36-/m1/s1. The summed E-state index contributed by atoms with van der Waals surface area (Å²) in [6.45, 7) is 4.31. The molecule has 2 aliphatic carbocycles. The van der Waals surface area contributed by atoms with Crippen molar-refractivity contribution in [3.63, 3.8) is 0 Å². The van der Waals surface area contributed by atoms with Crippen LogP contribution in [0.2, 0.25) is 0 Å². The molecule has 0 spiro atoms. The largest absolute Gasteiger partial charge is 0.485 e. The highest BCUT2D eigenvalue weighted by atomic mass is 32.2. The molecule has 2 saturated carbocycles. The van der Waals surface area contributed by atoms with Gasteiger partial charge in [0.2, 0.25) is 27.7 Å². The molecule has 6 rings (SSSR count). The number of carbonyl (C=O) groups excluding carboxylic acids is 3. The Kier molecular flexibility index (Phi) is 10.6. The van der Waals surface area contributed by atoms with Gasteiger partial charge in [-0.1, -0.05) is 44.2 Å². The first-order valence-electron chi connectivity index (χ1n) is 17.8. The van der Waals surface area contributed by atoms with Crippen molar-refractivity contribution in [2.45, 2.75) is 101 Å². The van der Waals surface area contributed by atoms with E-state index in [0.29, 0.717) is 42.9 Å². The van der Waals surface area contributed by atoms with Gasteiger partial charge in [-0.2, -0.15) is 0 Å². The van der Waals surface area contributed by atoms with E-state index in [4.69, 9.17) is 9.47 Å². The fourth-order valence-electron chi connectivity index (χ4n) is 7.39. The smallest absolute Gasteiger partial charge is 0.405 e. The number of pyridine rings is 1. The summed E-state index contributed by atoms with van der Waals surface area (Å²) in [4.78, 5) is 59.9. The molecule has 288 valence electrons. The molecule has 2 aliphatic heterocycles. The molecule has 1 saturated heterocycles. The highest BCUT2D eigenvalue weighted by molar-refractivity contribution is 7.91. The maximum absolute atomic E-state index is 14.4. The molecule has 4 amide bonds. The van der Waals surface area contributed by atoms with Crippen molar-refractivity contribution < 1.29 is 51.0 Å². The van der Waals surface area contributed by atoms with Gasteiger partial charge in [0.25, 0.3) is 12.3 Å². The molecule has 17 heteroatoms. The number of halogens is 2. The monoisotopic (exact) mass is 761 g/mol. The van der Waals surface area contributed by atoms with Gasteiger partial charge in [-0.05, 0) is 63.4 Å². The third-order valence-electron chi connectivity index (χ3n) is 10.9. The molecule has 3 heterocycles. The van der Waals surface area contributed by atoms with E-state index in [9.17, 15) is 41.5 Å². The number of carbonyl (C=O) groups is 4. The summed E-state index contributed by atoms with van der Waals surface area (Å²) in [5, 5.41) is 15.8. The Balaban J connectivity index is 1.33. The molecule has 4 N–H and O–H groups in total. The lowest BCUT2D eigenvalue weighted by Crippen LogP contribution is -2.59. The quantitative estimate of drug-likeness (QED) is 0.274. The lowest BCUT2D eigenvalue weighted by atomic mass is 9.88. The molecule has 0 bridgehead atoms. The Labute approximate surface area is 306 Å². The predicted molar refractivity (Wildman–Crippen MR) is 188 cm³/mol. The second-order valence-electron chi connectivity index (χ2n) is 15.1. The van der Waals surface area contributed by atoms with Gasteiger partial charge in [-0.3, -0.25) is 19.1 Å². The van der Waals surface area contributed by atoms with Crippen molar-refractivity contribution in [1.29, 1.82) is 0 Å². The number of nitrogens with zero attached hydrogens (tertiary/aromatic N) is 2. The zero-order valence-electron chi connectivity index (χ0n) is 29.7. The molecule has 1 aromatic carbocycles. The van der Waals surface area contributed by atoms with Crippen LogP contribution in [0.3, 0.4) is 0 Å². The average molecular weight is 762 g/mol. The molecule has 1 aromatic heterocycles. The van der Waals surface area contributed by atoms with E-state index >= 15 is 0 Å². The van der Waals surface area contributed by atoms with Gasteiger partial charge in [-0.25, -0.2) is 27.0 Å². The maximum Gasteiger partial charge on any atom is 0.405 e. The van der Waals surface area contributed by atoms with Gasteiger partial charge in [0.15, 0.2) is 0 Å². The van der Waals surface area contributed by atoms with E-state index in [1.807, 2.05) is 19.1 Å². The summed E-state index contributed by atoms with van der Waals surface area (Å²) in [7, 11) is -4.04. The maximum atomic E-state index is 14.4. The minimum Gasteiger partial charge on any atom is -0.485 e. The average Bonchev–Trinajstić information content (AvgIpc) is 3.98. The number of carboxylic acid groups (broad SMARTS) is 1. The Bertz CT molecular complexity index is 1910. The van der Waals surface area contributed by atoms with Crippen molar-refractivity contribution in [2.24, 2.45) is 17.8 Å². The van der Waals surface area contributed by atoms with Gasteiger partial charge in [0.05, 0.1) is 17.5 Å². The number of amides is 4. The summed E-state index contributed by atoms with van der Waals surface area (Å²) in [5.41, 5.74) is -1.59. The second kappa shape index (κ2) is 14.7. The van der Waals surface area contributed by atoms with E-state index in [1.165, 1.54) is 11.1 Å². The van der Waals surface area contributed by atoms with Crippen molar-refractivity contribution in [1.82, 2.24) is 25.2 Å². The summed E-state index contributed by atoms with van der Waals surface area (Å²) >= 11 is 0. The summed E-state index contributed by atoms with van der Waals surface area (Å²) in [6.07, 6.45) is 2.65. The first-order valence-corrected chi connectivity index (χ1v) is 19.3. The van der Waals surface area contributed by atoms with Crippen LogP contribution in [-0.4, -0.2) is 95.3 Å². The fourth-order valence-corrected chi connectivity index (χ4v) is 8.70. The third-order valence-corrected chi connectivity index (χ3v) is 13.1. The first kappa shape index (κ1) is 38.2. The highest BCUT2D eigenvalue weighted by Gasteiger charge is 2.63. The Morgan fingerprint density at radius 3 is 2.55 bits per heavy atom. The number of sulfonamides is 1. The van der Waals surface area contributed by atoms with Gasteiger partial charge < -0.3 is 30.1 Å². The number of ether oxygens (including phenoxy) is 2. The fraction of sp³-hybridized carbons (Fsp3) is 0.583. The summed E-state index contributed by atoms with van der Waals surface area (Å²) in [6, 6.07) is 4.24. The van der Waals surface area contributed by atoms with Gasteiger partial charge in [-0.15, -0.1) is 0 Å². The van der Waals surface area contributed by atoms with Crippen LogP contribution in [0, 0.1) is 17.8 Å². The number of hydrogen-bond donors (Lipinski definition) is 4. The van der Waals surface area contributed by atoms with Crippen LogP contribution >= 0.6 is 0 Å². The highest BCUT2D eigenvalue weighted by Crippen LogP contribution is 2.47. The zero-order chi connectivity index (χ0) is 38.3. The Morgan fingerprint density at radius 1 is 1.15 bits per heavy atom. The Hall–Kier alpha value is -4.54. The van der Waals surface area contributed by atoms with Crippen molar-refractivity contribution in [3.05, 3.63) is 42.6 Å². The Morgan fingerprint density at radius 2 is 1.87 bits per heavy atom. The SMILES string of the molecule is C[C@@H]1CCC=C[C@@H]2C[C@@]2(C(=O)NS(=O)(=O)C2(C)CC2)NC(=O)[C@@H]2C[C@@H](Oc3ncc(OCC(F)F)c4ccccc34)CN2C(=O)[C@@H](NC(=O)O)[C@H](C)C1. The summed E-state index contributed by atoms with van der Waals surface area (Å²) < 4.78 is 64.7. The number of rotatable bonds is 9. The van der Waals surface area contributed by atoms with Gasteiger partial charge in [0.1, 0.15) is 36.1 Å². The number of hydrogen-bond acceptors (Lipinski definition) is 9. The van der Waals surface area contributed by atoms with E-state index in [0.717, 1.165) is 0 Å². The van der Waals surface area contributed by atoms with Crippen LogP contribution < -0.4 is 24.8 Å². The van der Waals surface area contributed by atoms with E-state index in [-0.39, 0.29) is 36.9 Å². The molecular formula is C36H45F2N5O9S. The summed E-state index contributed by atoms with van der Waals surface area (Å²) in [5.74, 6) is -2.93. The normalized spacial score (nSPS) is 30.0. The molecular weight excluding hydrogens is 716 g/mol. The van der Waals surface area contributed by atoms with Crippen LogP contribution in [0.5, 0.6) is 11.6 Å². The number of fused-ring (bicyclic) bond motifs is 3. The van der Waals surface area contributed by atoms with Crippen LogP contribution in [-0.2, 0) is 24.4 Å². The number of nitrogens with one attached hydrogen (secondary N) is 3. The first-order chi connectivity index (χ1) is 25.0. The molecule has 7 atom stereocenters. The zero-order valence-corrected chi connectivity index (χ0v) is 30.5. The second-order valence-corrected chi connectivity index (χ2v) is 17.3. The topological polar surface area (TPSA) is 193 Å². The van der Waals surface area contributed by atoms with Crippen molar-refractivity contribution in [2.75, 3.05) is 13.2 Å². The molecule has 0 unspecified atom stereocenters. The molecule has 53 heavy (non-hydrogen) atoms. The van der Waals surface area contributed by atoms with Gasteiger partial charge >= 0.3 is 6.09 Å². The van der Waals surface area contributed by atoms with E-state index < -0.39 is 87.2 Å². The van der Waals surface area contributed by atoms with Crippen molar-refractivity contribution >= 4 is 44.6 Å². The van der Waals surface area contributed by atoms with Crippen LogP contribution in [0.4, 0.5) is 13.6 Å². The van der Waals surface area contributed by atoms with Gasteiger partial charge in [0, 0.05) is 23.1 Å². The molecule has 2 aromatic rings. The third kappa shape index (κ3) is 8.04. The minimum absolute atomic E-state index is 0.0829. The number of allylic oxidation sites excluding steroid dienone is 1. The number of alkyl halides is 2. The number of benzene rings is 1. The molecule has 0 radical (unpaired) electrons. The van der Waals surface area contributed by atoms with Crippen LogP contribution in [0.1, 0.15) is 65.7 Å². The molecule has 14 nitrogen and oxygen atoms in total. The predicted octanol–water partition coefficient (Wildman–Crippen LogP) is 3.75. The molecule has 3 fully saturated rings. The molecule has 4 aliphatic rings. The van der Waals surface area contributed by atoms with E-state index in [1.54, 1.807) is 38.1 Å². The number of aromatic nitrogens is 1. The van der Waals surface area contributed by atoms with Crippen LogP contribution in [0.15, 0.2) is 42.6 Å². The van der Waals surface area contributed by atoms with E-state index in [2.05, 4.69) is 20.3 Å².